The molecule has 170 valence electrons. The summed E-state index contributed by atoms with van der Waals surface area (Å²) in [5.74, 6) is 0. The minimum atomic E-state index is 0.326. The second kappa shape index (κ2) is 9.11. The van der Waals surface area contributed by atoms with Gasteiger partial charge in [0, 0.05) is 45.7 Å². The molecule has 5 aromatic heterocycles. The summed E-state index contributed by atoms with van der Waals surface area (Å²) < 4.78 is 0. The number of aromatic nitrogens is 5. The van der Waals surface area contributed by atoms with E-state index in [0.29, 0.717) is 6.04 Å². The first-order chi connectivity index (χ1) is 16.5. The van der Waals surface area contributed by atoms with Gasteiger partial charge < -0.3 is 10.3 Å². The van der Waals surface area contributed by atoms with Crippen molar-refractivity contribution in [2.75, 3.05) is 5.32 Å². The van der Waals surface area contributed by atoms with Crippen LogP contribution in [0.15, 0.2) is 72.9 Å². The Hall–Kier alpha value is -3.97. The van der Waals surface area contributed by atoms with Crippen LogP contribution < -0.4 is 5.32 Å². The van der Waals surface area contributed by atoms with Crippen LogP contribution in [0.2, 0.25) is 0 Å². The minimum absolute atomic E-state index is 0.326. The van der Waals surface area contributed by atoms with Crippen molar-refractivity contribution in [3.8, 4) is 22.6 Å². The molecule has 34 heavy (non-hydrogen) atoms. The zero-order valence-electron chi connectivity index (χ0n) is 19.4. The van der Waals surface area contributed by atoms with Crippen molar-refractivity contribution in [3.63, 3.8) is 0 Å². The van der Waals surface area contributed by atoms with Gasteiger partial charge in [0.25, 0.3) is 0 Å². The van der Waals surface area contributed by atoms with Gasteiger partial charge in [-0.2, -0.15) is 5.10 Å². The number of H-pyrrole nitrogens is 2. The van der Waals surface area contributed by atoms with Crippen LogP contribution in [0.4, 0.5) is 5.69 Å². The molecule has 0 aliphatic heterocycles. The molecule has 0 radical (unpaired) electrons. The van der Waals surface area contributed by atoms with Gasteiger partial charge in [0.15, 0.2) is 0 Å². The average Bonchev–Trinajstić information content (AvgIpc) is 3.57. The topological polar surface area (TPSA) is 82.3 Å². The fourth-order valence-electron chi connectivity index (χ4n) is 4.06. The molecule has 0 spiro atoms. The predicted octanol–water partition coefficient (Wildman–Crippen LogP) is 6.82. The number of anilines is 1. The Morgan fingerprint density at radius 1 is 1.18 bits per heavy atom. The van der Waals surface area contributed by atoms with Crippen LogP contribution in [0.3, 0.4) is 0 Å². The highest BCUT2D eigenvalue weighted by Gasteiger charge is 2.17. The molecular weight excluding hydrogens is 440 g/mol. The Morgan fingerprint density at radius 2 is 2.06 bits per heavy atom. The molecule has 5 heterocycles. The third-order valence-corrected chi connectivity index (χ3v) is 6.43. The molecule has 0 unspecified atom stereocenters. The second-order valence-electron chi connectivity index (χ2n) is 8.44. The SMILES string of the molecule is C=C/C=C(/c1cccs1)c1cc(-c2n[nH]c3ccc(-c4cncc(NC(C)C)c4)nc23)[nH]c1C. The predicted molar refractivity (Wildman–Crippen MR) is 142 cm³/mol. The number of pyridine rings is 2. The second-order valence-corrected chi connectivity index (χ2v) is 9.39. The largest absolute Gasteiger partial charge is 0.382 e. The van der Waals surface area contributed by atoms with E-state index in [0.717, 1.165) is 56.2 Å². The summed E-state index contributed by atoms with van der Waals surface area (Å²) in [5.41, 5.74) is 9.53. The molecule has 0 aliphatic carbocycles. The van der Waals surface area contributed by atoms with Crippen LogP contribution in [0.25, 0.3) is 39.3 Å². The van der Waals surface area contributed by atoms with Crippen LogP contribution in [0.5, 0.6) is 0 Å². The third-order valence-electron chi connectivity index (χ3n) is 5.53. The van der Waals surface area contributed by atoms with E-state index in [4.69, 9.17) is 4.98 Å². The number of allylic oxidation sites excluding steroid dienone is 2. The average molecular weight is 467 g/mol. The third kappa shape index (κ3) is 4.18. The van der Waals surface area contributed by atoms with Crippen molar-refractivity contribution >= 4 is 33.6 Å². The summed E-state index contributed by atoms with van der Waals surface area (Å²) in [4.78, 5) is 14.1. The van der Waals surface area contributed by atoms with Gasteiger partial charge >= 0.3 is 0 Å². The van der Waals surface area contributed by atoms with Gasteiger partial charge in [0.2, 0.25) is 0 Å². The highest BCUT2D eigenvalue weighted by molar-refractivity contribution is 7.11. The molecule has 0 bridgehead atoms. The Labute approximate surface area is 202 Å². The molecule has 0 aliphatic rings. The minimum Gasteiger partial charge on any atom is -0.382 e. The monoisotopic (exact) mass is 466 g/mol. The van der Waals surface area contributed by atoms with Gasteiger partial charge in [-0.05, 0) is 56.5 Å². The molecule has 0 saturated heterocycles. The number of fused-ring (bicyclic) bond motifs is 1. The quantitative estimate of drug-likeness (QED) is 0.230. The molecule has 0 amide bonds. The molecule has 0 fully saturated rings. The summed E-state index contributed by atoms with van der Waals surface area (Å²) in [6.07, 6.45) is 7.55. The van der Waals surface area contributed by atoms with Crippen molar-refractivity contribution in [2.45, 2.75) is 26.8 Å². The maximum Gasteiger partial charge on any atom is 0.135 e. The number of aryl methyl sites for hydroxylation is 1. The van der Waals surface area contributed by atoms with E-state index in [9.17, 15) is 0 Å². The highest BCUT2D eigenvalue weighted by atomic mass is 32.1. The van der Waals surface area contributed by atoms with Crippen molar-refractivity contribution < 1.29 is 0 Å². The summed E-state index contributed by atoms with van der Waals surface area (Å²) in [6.45, 7) is 10.2. The number of aromatic amines is 2. The van der Waals surface area contributed by atoms with Crippen LogP contribution >= 0.6 is 11.3 Å². The zero-order valence-corrected chi connectivity index (χ0v) is 20.2. The number of nitrogens with zero attached hydrogens (tertiary/aromatic N) is 3. The fourth-order valence-corrected chi connectivity index (χ4v) is 4.83. The van der Waals surface area contributed by atoms with Crippen LogP contribution in [-0.2, 0) is 0 Å². The van der Waals surface area contributed by atoms with Crippen molar-refractivity contribution in [3.05, 3.63) is 89.0 Å². The molecule has 0 atom stereocenters. The lowest BCUT2D eigenvalue weighted by molar-refractivity contribution is 0.898. The lowest BCUT2D eigenvalue weighted by Crippen LogP contribution is -2.09. The van der Waals surface area contributed by atoms with E-state index >= 15 is 0 Å². The molecule has 0 aromatic carbocycles. The van der Waals surface area contributed by atoms with Gasteiger partial charge in [0.05, 0.1) is 22.6 Å². The van der Waals surface area contributed by atoms with Crippen molar-refractivity contribution in [2.24, 2.45) is 0 Å². The van der Waals surface area contributed by atoms with E-state index in [1.54, 1.807) is 11.3 Å². The first-order valence-corrected chi connectivity index (χ1v) is 12.1. The highest BCUT2D eigenvalue weighted by Crippen LogP contribution is 2.34. The van der Waals surface area contributed by atoms with Gasteiger partial charge in [0.1, 0.15) is 11.2 Å². The van der Waals surface area contributed by atoms with Gasteiger partial charge in [-0.25, -0.2) is 4.98 Å². The van der Waals surface area contributed by atoms with Crippen LogP contribution in [0.1, 0.15) is 30.0 Å². The zero-order chi connectivity index (χ0) is 23.7. The normalized spacial score (nSPS) is 11.9. The smallest absolute Gasteiger partial charge is 0.135 e. The maximum atomic E-state index is 4.96. The lowest BCUT2D eigenvalue weighted by Gasteiger charge is -2.10. The first-order valence-electron chi connectivity index (χ1n) is 11.2. The summed E-state index contributed by atoms with van der Waals surface area (Å²) in [7, 11) is 0. The Kier molecular flexibility index (Phi) is 5.86. The Bertz CT molecular complexity index is 1490. The molecule has 5 rings (SSSR count). The number of nitrogens with one attached hydrogen (secondary N) is 3. The molecule has 7 heteroatoms. The van der Waals surface area contributed by atoms with Crippen LogP contribution in [0, 0.1) is 6.92 Å². The number of hydrogen-bond acceptors (Lipinski definition) is 5. The van der Waals surface area contributed by atoms with E-state index < -0.39 is 0 Å². The summed E-state index contributed by atoms with van der Waals surface area (Å²) in [5, 5.41) is 13.2. The first kappa shape index (κ1) is 21.9. The number of thiophene rings is 1. The number of rotatable bonds is 7. The summed E-state index contributed by atoms with van der Waals surface area (Å²) >= 11 is 1.71. The molecule has 3 N–H and O–H groups in total. The molecule has 0 saturated carbocycles. The van der Waals surface area contributed by atoms with E-state index in [1.165, 1.54) is 4.88 Å². The van der Waals surface area contributed by atoms with Crippen molar-refractivity contribution in [1.29, 1.82) is 0 Å². The van der Waals surface area contributed by atoms with Gasteiger partial charge in [-0.1, -0.05) is 24.8 Å². The molecule has 6 nitrogen and oxygen atoms in total. The standard InChI is InChI=1S/C27H26N6S/c1-5-7-20(25-8-6-11-34-25)21-13-24(30-17(21)4)27-26-23(32-33-27)10-9-22(31-26)18-12-19(15-28-14-18)29-16(2)3/h5-16,29-30H,1H2,2-4H3,(H,32,33)/b20-7+. The van der Waals surface area contributed by atoms with E-state index in [-0.39, 0.29) is 0 Å². The lowest BCUT2D eigenvalue weighted by atomic mass is 10.0. The van der Waals surface area contributed by atoms with Gasteiger partial charge in [-0.15, -0.1) is 11.3 Å². The van der Waals surface area contributed by atoms with E-state index in [2.05, 4.69) is 88.6 Å². The molecular formula is C27H26N6S. The Balaban J connectivity index is 1.57. The fraction of sp³-hybridized carbons (Fsp3) is 0.148. The Morgan fingerprint density at radius 3 is 2.82 bits per heavy atom. The van der Waals surface area contributed by atoms with Gasteiger partial charge in [-0.3, -0.25) is 10.1 Å². The number of hydrogen-bond donors (Lipinski definition) is 3. The van der Waals surface area contributed by atoms with Crippen LogP contribution in [-0.4, -0.2) is 31.2 Å². The van der Waals surface area contributed by atoms with Crippen molar-refractivity contribution in [1.82, 2.24) is 25.1 Å². The summed E-state index contributed by atoms with van der Waals surface area (Å²) in [6, 6.07) is 12.7. The maximum absolute atomic E-state index is 4.96. The van der Waals surface area contributed by atoms with E-state index in [1.807, 2.05) is 30.6 Å². The molecule has 5 aromatic rings.